The van der Waals surface area contributed by atoms with Gasteiger partial charge in [-0.05, 0) is 55.3 Å². The number of carbonyl (C=O) groups is 1. The van der Waals surface area contributed by atoms with E-state index >= 15 is 0 Å². The average Bonchev–Trinajstić information content (AvgIpc) is 3.19. The van der Waals surface area contributed by atoms with Crippen LogP contribution in [-0.4, -0.2) is 38.7 Å². The summed E-state index contributed by atoms with van der Waals surface area (Å²) in [6.45, 7) is 1.12. The maximum atomic E-state index is 13.1. The molecule has 1 aliphatic heterocycles. The second kappa shape index (κ2) is 9.72. The number of aliphatic hydroxyl groups excluding tert-OH is 1. The van der Waals surface area contributed by atoms with E-state index in [4.69, 9.17) is 28.5 Å². The number of rotatable bonds is 5. The third kappa shape index (κ3) is 4.50. The Morgan fingerprint density at radius 2 is 1.84 bits per heavy atom. The van der Waals surface area contributed by atoms with E-state index in [2.05, 4.69) is 16.5 Å². The van der Waals surface area contributed by atoms with Gasteiger partial charge in [-0.15, -0.1) is 0 Å². The lowest BCUT2D eigenvalue weighted by Gasteiger charge is -2.26. The second-order valence-electron chi connectivity index (χ2n) is 7.50. The Labute approximate surface area is 195 Å². The van der Waals surface area contributed by atoms with Crippen LogP contribution in [-0.2, 0) is 6.61 Å². The number of hydrazine groups is 1. The van der Waals surface area contributed by atoms with Crippen molar-refractivity contribution in [1.82, 2.24) is 20.0 Å². The normalized spacial score (nSPS) is 14.2. The highest BCUT2D eigenvalue weighted by atomic mass is 35.5. The number of aromatic nitrogens is 2. The summed E-state index contributed by atoms with van der Waals surface area (Å²) in [5, 5.41) is 22.1. The SMILES string of the molecule is N#Cc1ccc(-n2c(-c3ccc(Cl)cc3Cl)nc(C(=O)NN3CCCCC3)c2CO)cc1. The lowest BCUT2D eigenvalue weighted by Crippen LogP contribution is -2.45. The van der Waals surface area contributed by atoms with E-state index in [-0.39, 0.29) is 5.69 Å². The molecule has 0 bridgehead atoms. The molecular formula is C23H21Cl2N5O2. The number of hydrogen-bond donors (Lipinski definition) is 2. The molecule has 0 saturated carbocycles. The molecule has 2 N–H and O–H groups in total. The zero-order chi connectivity index (χ0) is 22.7. The fraction of sp³-hybridized carbons (Fsp3) is 0.261. The van der Waals surface area contributed by atoms with Gasteiger partial charge in [0.2, 0.25) is 0 Å². The number of carbonyl (C=O) groups excluding carboxylic acids is 1. The summed E-state index contributed by atoms with van der Waals surface area (Å²) in [4.78, 5) is 17.7. The third-order valence-corrected chi connectivity index (χ3v) is 5.93. The monoisotopic (exact) mass is 469 g/mol. The number of hydrogen-bond acceptors (Lipinski definition) is 5. The Morgan fingerprint density at radius 3 is 2.47 bits per heavy atom. The molecule has 1 saturated heterocycles. The molecule has 0 atom stereocenters. The Morgan fingerprint density at radius 1 is 1.12 bits per heavy atom. The highest BCUT2D eigenvalue weighted by molar-refractivity contribution is 6.36. The first kappa shape index (κ1) is 22.3. The highest BCUT2D eigenvalue weighted by Gasteiger charge is 2.26. The average molecular weight is 470 g/mol. The summed E-state index contributed by atoms with van der Waals surface area (Å²) in [5.41, 5.74) is 5.04. The lowest BCUT2D eigenvalue weighted by atomic mass is 10.2. The van der Waals surface area contributed by atoms with Crippen molar-refractivity contribution in [2.45, 2.75) is 25.9 Å². The van der Waals surface area contributed by atoms with Crippen LogP contribution in [0.15, 0.2) is 42.5 Å². The largest absolute Gasteiger partial charge is 0.390 e. The van der Waals surface area contributed by atoms with Gasteiger partial charge in [-0.3, -0.25) is 14.8 Å². The van der Waals surface area contributed by atoms with Crippen LogP contribution < -0.4 is 5.43 Å². The summed E-state index contributed by atoms with van der Waals surface area (Å²) in [6.07, 6.45) is 3.16. The number of nitrogens with one attached hydrogen (secondary N) is 1. The van der Waals surface area contributed by atoms with E-state index in [9.17, 15) is 9.90 Å². The lowest BCUT2D eigenvalue weighted by molar-refractivity contribution is 0.0742. The van der Waals surface area contributed by atoms with Crippen molar-refractivity contribution in [1.29, 1.82) is 5.26 Å². The summed E-state index contributed by atoms with van der Waals surface area (Å²) >= 11 is 12.5. The maximum absolute atomic E-state index is 13.1. The zero-order valence-corrected chi connectivity index (χ0v) is 18.7. The number of piperidine rings is 1. The first-order valence-corrected chi connectivity index (χ1v) is 11.0. The minimum absolute atomic E-state index is 0.114. The molecule has 4 rings (SSSR count). The molecule has 1 aliphatic rings. The molecule has 0 aliphatic carbocycles. The molecule has 1 fully saturated rings. The van der Waals surface area contributed by atoms with Gasteiger partial charge in [0.25, 0.3) is 5.91 Å². The van der Waals surface area contributed by atoms with Gasteiger partial charge in [-0.1, -0.05) is 29.6 Å². The van der Waals surface area contributed by atoms with Crippen molar-refractivity contribution in [2.75, 3.05) is 13.1 Å². The first-order valence-electron chi connectivity index (χ1n) is 10.3. The minimum Gasteiger partial charge on any atom is -0.390 e. The van der Waals surface area contributed by atoms with E-state index in [0.29, 0.717) is 38.4 Å². The van der Waals surface area contributed by atoms with Gasteiger partial charge in [-0.25, -0.2) is 9.99 Å². The van der Waals surface area contributed by atoms with E-state index in [1.165, 1.54) is 0 Å². The van der Waals surface area contributed by atoms with Crippen LogP contribution in [0, 0.1) is 11.3 Å². The molecule has 1 aromatic heterocycles. The van der Waals surface area contributed by atoms with Gasteiger partial charge in [0.05, 0.1) is 29.0 Å². The van der Waals surface area contributed by atoms with Crippen molar-refractivity contribution in [3.8, 4) is 23.1 Å². The van der Waals surface area contributed by atoms with Crippen molar-refractivity contribution in [2.24, 2.45) is 0 Å². The molecule has 1 amide bonds. The highest BCUT2D eigenvalue weighted by Crippen LogP contribution is 2.33. The number of aliphatic hydroxyl groups is 1. The van der Waals surface area contributed by atoms with Gasteiger partial charge in [0, 0.05) is 29.4 Å². The van der Waals surface area contributed by atoms with Gasteiger partial charge in [0.1, 0.15) is 5.82 Å². The quantitative estimate of drug-likeness (QED) is 0.579. The fourth-order valence-electron chi connectivity index (χ4n) is 3.80. The standard InChI is InChI=1S/C23H21Cl2N5O2/c24-16-6-9-18(19(25)12-16)22-27-21(23(32)28-29-10-2-1-3-11-29)20(14-31)30(22)17-7-4-15(13-26)5-8-17/h4-9,12,31H,1-3,10-11,14H2,(H,28,32). The molecule has 3 aromatic rings. The molecule has 2 aromatic carbocycles. The van der Waals surface area contributed by atoms with Crippen LogP contribution in [0.1, 0.15) is 41.0 Å². The summed E-state index contributed by atoms with van der Waals surface area (Å²) in [6, 6.07) is 13.9. The molecule has 7 nitrogen and oxygen atoms in total. The second-order valence-corrected chi connectivity index (χ2v) is 8.34. The number of amides is 1. The Hall–Kier alpha value is -2.89. The van der Waals surface area contributed by atoms with Gasteiger partial charge >= 0.3 is 0 Å². The topological polar surface area (TPSA) is 94.2 Å². The van der Waals surface area contributed by atoms with Crippen LogP contribution in [0.2, 0.25) is 10.0 Å². The molecule has 0 spiro atoms. The van der Waals surface area contributed by atoms with Crippen molar-refractivity contribution >= 4 is 29.1 Å². The van der Waals surface area contributed by atoms with Crippen molar-refractivity contribution < 1.29 is 9.90 Å². The van der Waals surface area contributed by atoms with E-state index in [1.807, 2.05) is 5.01 Å². The Kier molecular flexibility index (Phi) is 6.77. The molecule has 0 radical (unpaired) electrons. The molecule has 0 unspecified atom stereocenters. The number of imidazole rings is 1. The van der Waals surface area contributed by atoms with E-state index in [0.717, 1.165) is 32.4 Å². The van der Waals surface area contributed by atoms with Crippen LogP contribution >= 0.6 is 23.2 Å². The van der Waals surface area contributed by atoms with Crippen LogP contribution in [0.4, 0.5) is 0 Å². The Balaban J connectivity index is 1.85. The number of nitriles is 1. The summed E-state index contributed by atoms with van der Waals surface area (Å²) in [5.74, 6) is -0.00102. The smallest absolute Gasteiger partial charge is 0.286 e. The van der Waals surface area contributed by atoms with Gasteiger partial charge < -0.3 is 5.11 Å². The number of nitrogens with zero attached hydrogens (tertiary/aromatic N) is 4. The molecular weight excluding hydrogens is 449 g/mol. The van der Waals surface area contributed by atoms with Crippen molar-refractivity contribution in [3.05, 3.63) is 69.5 Å². The maximum Gasteiger partial charge on any atom is 0.286 e. The molecule has 164 valence electrons. The van der Waals surface area contributed by atoms with Gasteiger partial charge in [0.15, 0.2) is 5.69 Å². The van der Waals surface area contributed by atoms with Gasteiger partial charge in [-0.2, -0.15) is 5.26 Å². The van der Waals surface area contributed by atoms with Crippen LogP contribution in [0.25, 0.3) is 17.1 Å². The fourth-order valence-corrected chi connectivity index (χ4v) is 4.29. The van der Waals surface area contributed by atoms with Crippen LogP contribution in [0.3, 0.4) is 0 Å². The third-order valence-electron chi connectivity index (χ3n) is 5.38. The van der Waals surface area contributed by atoms with E-state index in [1.54, 1.807) is 47.0 Å². The zero-order valence-electron chi connectivity index (χ0n) is 17.2. The number of halogens is 2. The Bertz CT molecular complexity index is 1180. The summed E-state index contributed by atoms with van der Waals surface area (Å²) < 4.78 is 1.68. The van der Waals surface area contributed by atoms with E-state index < -0.39 is 12.5 Å². The first-order chi connectivity index (χ1) is 15.5. The van der Waals surface area contributed by atoms with Crippen LogP contribution in [0.5, 0.6) is 0 Å². The number of benzene rings is 2. The predicted molar refractivity (Wildman–Crippen MR) is 123 cm³/mol. The molecule has 9 heteroatoms. The van der Waals surface area contributed by atoms with Crippen molar-refractivity contribution in [3.63, 3.8) is 0 Å². The molecule has 32 heavy (non-hydrogen) atoms. The summed E-state index contributed by atoms with van der Waals surface area (Å²) in [7, 11) is 0. The predicted octanol–water partition coefficient (Wildman–Crippen LogP) is 4.34. The minimum atomic E-state index is -0.416. The molecule has 2 heterocycles.